The van der Waals surface area contributed by atoms with Crippen LogP contribution in [0.5, 0.6) is 5.75 Å². The molecule has 1 aliphatic heterocycles. The maximum absolute atomic E-state index is 11.7. The van der Waals surface area contributed by atoms with Gasteiger partial charge in [0, 0.05) is 57.1 Å². The Morgan fingerprint density at radius 1 is 1.14 bits per heavy atom. The lowest BCUT2D eigenvalue weighted by molar-refractivity contribution is 0.107. The normalized spacial score (nSPS) is 20.8. The third-order valence-electron chi connectivity index (χ3n) is 4.35. The highest BCUT2D eigenvalue weighted by Gasteiger charge is 2.26. The molecule has 1 saturated carbocycles. The predicted molar refractivity (Wildman–Crippen MR) is 79.4 cm³/mol. The molecule has 3 rings (SSSR count). The fraction of sp³-hybridized carbons (Fsp3) is 0.667. The Morgan fingerprint density at radius 3 is 2.43 bits per heavy atom. The lowest BCUT2D eigenvalue weighted by atomic mass is 10.2. The van der Waals surface area contributed by atoms with Crippen LogP contribution in [0.25, 0.3) is 0 Å². The zero-order chi connectivity index (χ0) is 14.8. The first-order valence-corrected chi connectivity index (χ1v) is 7.67. The molecular formula is C15H23N3O3. The molecule has 2 aliphatic rings. The van der Waals surface area contributed by atoms with Crippen LogP contribution in [0.4, 0.5) is 0 Å². The van der Waals surface area contributed by atoms with Crippen LogP contribution in [0.2, 0.25) is 0 Å². The van der Waals surface area contributed by atoms with E-state index >= 15 is 0 Å². The van der Waals surface area contributed by atoms with E-state index in [9.17, 15) is 9.90 Å². The van der Waals surface area contributed by atoms with E-state index < -0.39 is 0 Å². The van der Waals surface area contributed by atoms with Gasteiger partial charge in [-0.05, 0) is 12.8 Å². The first kappa shape index (κ1) is 14.6. The van der Waals surface area contributed by atoms with Crippen LogP contribution in [0, 0.1) is 0 Å². The number of piperazine rings is 1. The second-order valence-corrected chi connectivity index (χ2v) is 5.99. The molecule has 116 valence electrons. The molecule has 2 fully saturated rings. The summed E-state index contributed by atoms with van der Waals surface area (Å²) in [5, 5.41) is 18.6. The van der Waals surface area contributed by atoms with Crippen LogP contribution in [-0.2, 0) is 6.54 Å². The lowest BCUT2D eigenvalue weighted by Crippen LogP contribution is -2.47. The molecule has 0 bridgehead atoms. The van der Waals surface area contributed by atoms with Crippen LogP contribution < -0.4 is 5.43 Å². The molecule has 1 aliphatic carbocycles. The Kier molecular flexibility index (Phi) is 4.28. The van der Waals surface area contributed by atoms with Crippen molar-refractivity contribution in [1.82, 2.24) is 14.4 Å². The minimum atomic E-state index is -0.291. The summed E-state index contributed by atoms with van der Waals surface area (Å²) in [6.07, 6.45) is 3.84. The van der Waals surface area contributed by atoms with E-state index in [0.29, 0.717) is 6.04 Å². The number of aliphatic hydroxyl groups excluding tert-OH is 1. The van der Waals surface area contributed by atoms with Gasteiger partial charge in [-0.15, -0.1) is 0 Å². The van der Waals surface area contributed by atoms with Crippen LogP contribution >= 0.6 is 0 Å². The van der Waals surface area contributed by atoms with E-state index in [1.54, 1.807) is 12.3 Å². The van der Waals surface area contributed by atoms with E-state index in [0.717, 1.165) is 57.8 Å². The molecule has 2 heterocycles. The zero-order valence-electron chi connectivity index (χ0n) is 12.2. The van der Waals surface area contributed by atoms with E-state index in [1.165, 1.54) is 0 Å². The van der Waals surface area contributed by atoms with Crippen molar-refractivity contribution in [3.63, 3.8) is 0 Å². The molecule has 6 heteroatoms. The first-order chi connectivity index (χ1) is 10.2. The second kappa shape index (κ2) is 6.17. The fourth-order valence-corrected chi connectivity index (χ4v) is 2.94. The van der Waals surface area contributed by atoms with Crippen molar-refractivity contribution in [3.05, 3.63) is 28.2 Å². The molecule has 0 aromatic carbocycles. The predicted octanol–water partition coefficient (Wildman–Crippen LogP) is -0.00130. The van der Waals surface area contributed by atoms with E-state index in [4.69, 9.17) is 5.11 Å². The van der Waals surface area contributed by atoms with Gasteiger partial charge in [0.1, 0.15) is 0 Å². The van der Waals surface area contributed by atoms with Crippen molar-refractivity contribution >= 4 is 0 Å². The molecule has 0 radical (unpaired) electrons. The van der Waals surface area contributed by atoms with E-state index in [2.05, 4.69) is 14.4 Å². The third-order valence-corrected chi connectivity index (χ3v) is 4.35. The monoisotopic (exact) mass is 293 g/mol. The van der Waals surface area contributed by atoms with Crippen molar-refractivity contribution in [3.8, 4) is 5.75 Å². The standard InChI is InChI=1S/C15H23N3O3/c19-8-7-16-3-5-17(6-4-16)10-13-9-14(20)15(21)11-18(13)12-1-2-12/h9,11-12,19,21H,1-8,10H2. The highest BCUT2D eigenvalue weighted by Crippen LogP contribution is 2.36. The summed E-state index contributed by atoms with van der Waals surface area (Å²) < 4.78 is 2.07. The van der Waals surface area contributed by atoms with Gasteiger partial charge >= 0.3 is 0 Å². The Balaban J connectivity index is 1.68. The lowest BCUT2D eigenvalue weighted by Gasteiger charge is -2.34. The summed E-state index contributed by atoms with van der Waals surface area (Å²) in [6, 6.07) is 2.02. The number of hydrogen-bond donors (Lipinski definition) is 2. The van der Waals surface area contributed by atoms with Crippen LogP contribution in [0.15, 0.2) is 17.1 Å². The molecule has 6 nitrogen and oxygen atoms in total. The van der Waals surface area contributed by atoms with Gasteiger partial charge in [0.25, 0.3) is 0 Å². The molecule has 0 atom stereocenters. The minimum Gasteiger partial charge on any atom is -0.503 e. The Bertz CT molecular complexity index is 546. The number of hydrogen-bond acceptors (Lipinski definition) is 5. The zero-order valence-corrected chi connectivity index (χ0v) is 12.2. The molecule has 0 spiro atoms. The fourth-order valence-electron chi connectivity index (χ4n) is 2.94. The van der Waals surface area contributed by atoms with Crippen LogP contribution in [0.3, 0.4) is 0 Å². The van der Waals surface area contributed by atoms with Crippen molar-refractivity contribution in [2.45, 2.75) is 25.4 Å². The Hall–Kier alpha value is -1.37. The molecular weight excluding hydrogens is 270 g/mol. The number of pyridine rings is 1. The second-order valence-electron chi connectivity index (χ2n) is 5.99. The third kappa shape index (κ3) is 3.45. The topological polar surface area (TPSA) is 68.9 Å². The average Bonchev–Trinajstić information content (AvgIpc) is 3.29. The van der Waals surface area contributed by atoms with E-state index in [1.807, 2.05) is 0 Å². The summed E-state index contributed by atoms with van der Waals surface area (Å²) in [4.78, 5) is 16.3. The van der Waals surface area contributed by atoms with Gasteiger partial charge in [0.2, 0.25) is 5.43 Å². The highest BCUT2D eigenvalue weighted by atomic mass is 16.3. The number of aliphatic hydroxyl groups is 1. The van der Waals surface area contributed by atoms with Gasteiger partial charge in [-0.1, -0.05) is 0 Å². The Morgan fingerprint density at radius 2 is 1.81 bits per heavy atom. The largest absolute Gasteiger partial charge is 0.503 e. The quantitative estimate of drug-likeness (QED) is 0.800. The van der Waals surface area contributed by atoms with Crippen LogP contribution in [0.1, 0.15) is 24.6 Å². The van der Waals surface area contributed by atoms with Crippen molar-refractivity contribution < 1.29 is 10.2 Å². The average molecular weight is 293 g/mol. The molecule has 0 unspecified atom stereocenters. The summed E-state index contributed by atoms with van der Waals surface area (Å²) in [5.74, 6) is -0.154. The van der Waals surface area contributed by atoms with Crippen molar-refractivity contribution in [2.75, 3.05) is 39.3 Å². The van der Waals surface area contributed by atoms with Gasteiger partial charge in [-0.25, -0.2) is 0 Å². The van der Waals surface area contributed by atoms with E-state index in [-0.39, 0.29) is 17.8 Å². The number of aromatic hydroxyl groups is 1. The Labute approximate surface area is 124 Å². The maximum atomic E-state index is 11.7. The van der Waals surface area contributed by atoms with Gasteiger partial charge < -0.3 is 14.8 Å². The van der Waals surface area contributed by atoms with Gasteiger partial charge in [-0.2, -0.15) is 0 Å². The van der Waals surface area contributed by atoms with Crippen molar-refractivity contribution in [2.24, 2.45) is 0 Å². The number of aromatic nitrogens is 1. The van der Waals surface area contributed by atoms with Crippen molar-refractivity contribution in [1.29, 1.82) is 0 Å². The first-order valence-electron chi connectivity index (χ1n) is 7.67. The summed E-state index contributed by atoms with van der Waals surface area (Å²) >= 11 is 0. The summed E-state index contributed by atoms with van der Waals surface area (Å²) in [7, 11) is 0. The maximum Gasteiger partial charge on any atom is 0.223 e. The highest BCUT2D eigenvalue weighted by molar-refractivity contribution is 5.22. The molecule has 1 aromatic heterocycles. The van der Waals surface area contributed by atoms with Gasteiger partial charge in [0.05, 0.1) is 12.8 Å². The smallest absolute Gasteiger partial charge is 0.223 e. The molecule has 1 aromatic rings. The minimum absolute atomic E-state index is 0.154. The SMILES string of the molecule is O=c1cc(CN2CCN(CCO)CC2)n(C2CC2)cc1O. The van der Waals surface area contributed by atoms with Crippen LogP contribution in [-0.4, -0.2) is 63.9 Å². The summed E-state index contributed by atoms with van der Waals surface area (Å²) in [6.45, 7) is 5.48. The summed E-state index contributed by atoms with van der Waals surface area (Å²) in [5.41, 5.74) is 0.705. The molecule has 2 N–H and O–H groups in total. The number of nitrogens with zero attached hydrogens (tertiary/aromatic N) is 3. The number of β-amino-alcohol motifs (C(OH)–C–C–N with tert-alkyl or cyclic N) is 1. The molecule has 0 amide bonds. The van der Waals surface area contributed by atoms with Gasteiger partial charge in [0.15, 0.2) is 5.75 Å². The van der Waals surface area contributed by atoms with Gasteiger partial charge in [-0.3, -0.25) is 14.6 Å². The molecule has 21 heavy (non-hydrogen) atoms. The molecule has 1 saturated heterocycles. The number of rotatable bonds is 5.